The summed E-state index contributed by atoms with van der Waals surface area (Å²) in [5.41, 5.74) is 5.09. The van der Waals surface area contributed by atoms with Crippen LogP contribution in [0.4, 0.5) is 5.82 Å². The standard InChI is InChI=1S/C27H32N6O2/c1-19(2)12-28-26-25-27(30-17-29-26)33(18-31-25)24-15-32(14-23(16-34)35-24)13-20-8-10-22(11-9-20)21-6-4-3-5-7-21/h3-11,17-19,23-24,34H,12-16H2,1-2H3,(H,28,29,30)/t23-,24+/m0/s1. The van der Waals surface area contributed by atoms with Gasteiger partial charge in [-0.1, -0.05) is 68.4 Å². The zero-order valence-electron chi connectivity index (χ0n) is 20.2. The number of nitrogens with zero attached hydrogens (tertiary/aromatic N) is 5. The van der Waals surface area contributed by atoms with Gasteiger partial charge in [0.25, 0.3) is 0 Å². The molecule has 1 fully saturated rings. The van der Waals surface area contributed by atoms with E-state index in [0.29, 0.717) is 19.0 Å². The molecule has 1 aliphatic heterocycles. The highest BCUT2D eigenvalue weighted by Crippen LogP contribution is 2.27. The number of anilines is 1. The minimum Gasteiger partial charge on any atom is -0.394 e. The topological polar surface area (TPSA) is 88.3 Å². The fraction of sp³-hybridized carbons (Fsp3) is 0.370. The maximum absolute atomic E-state index is 9.92. The van der Waals surface area contributed by atoms with Crippen molar-refractivity contribution in [1.29, 1.82) is 0 Å². The van der Waals surface area contributed by atoms with Crippen molar-refractivity contribution in [3.05, 3.63) is 72.8 Å². The lowest BCUT2D eigenvalue weighted by molar-refractivity contribution is -0.135. The van der Waals surface area contributed by atoms with Gasteiger partial charge in [0.1, 0.15) is 12.6 Å². The molecule has 0 bridgehead atoms. The van der Waals surface area contributed by atoms with Crippen LogP contribution >= 0.6 is 0 Å². The second-order valence-electron chi connectivity index (χ2n) is 9.47. The third kappa shape index (κ3) is 5.35. The number of benzene rings is 2. The van der Waals surface area contributed by atoms with Crippen molar-refractivity contribution in [2.75, 3.05) is 31.6 Å². The van der Waals surface area contributed by atoms with Crippen molar-refractivity contribution in [1.82, 2.24) is 24.4 Å². The number of morpholine rings is 1. The van der Waals surface area contributed by atoms with Gasteiger partial charge in [-0.3, -0.25) is 9.47 Å². The number of imidazole rings is 1. The summed E-state index contributed by atoms with van der Waals surface area (Å²) in [6.07, 6.45) is 2.73. The Bertz CT molecular complexity index is 1240. The summed E-state index contributed by atoms with van der Waals surface area (Å²) >= 11 is 0. The quantitative estimate of drug-likeness (QED) is 0.401. The fourth-order valence-corrected chi connectivity index (χ4v) is 4.46. The number of rotatable bonds is 8. The predicted molar refractivity (Wildman–Crippen MR) is 137 cm³/mol. The Balaban J connectivity index is 1.33. The number of aliphatic hydroxyl groups excluding tert-OH is 1. The Morgan fingerprint density at radius 3 is 2.51 bits per heavy atom. The normalized spacial score (nSPS) is 18.9. The van der Waals surface area contributed by atoms with Crippen LogP contribution in [0.3, 0.4) is 0 Å². The van der Waals surface area contributed by atoms with E-state index < -0.39 is 0 Å². The summed E-state index contributed by atoms with van der Waals surface area (Å²) in [6, 6.07) is 19.1. The second kappa shape index (κ2) is 10.5. The van der Waals surface area contributed by atoms with Crippen LogP contribution in [-0.2, 0) is 11.3 Å². The van der Waals surface area contributed by atoms with Crippen LogP contribution < -0.4 is 5.32 Å². The van der Waals surface area contributed by atoms with Crippen LogP contribution in [-0.4, -0.2) is 61.9 Å². The molecule has 35 heavy (non-hydrogen) atoms. The lowest BCUT2D eigenvalue weighted by Crippen LogP contribution is -2.46. The minimum atomic E-state index is -0.303. The monoisotopic (exact) mass is 472 g/mol. The SMILES string of the molecule is CC(C)CNc1ncnc2c1ncn2[C@H]1CN(Cc2ccc(-c3ccccc3)cc2)C[C@@H](CO)O1. The molecule has 182 valence electrons. The molecule has 0 amide bonds. The predicted octanol–water partition coefficient (Wildman–Crippen LogP) is 3.95. The van der Waals surface area contributed by atoms with Crippen LogP contribution in [0.2, 0.25) is 0 Å². The zero-order chi connectivity index (χ0) is 24.2. The van der Waals surface area contributed by atoms with Gasteiger partial charge in [-0.05, 0) is 22.6 Å². The van der Waals surface area contributed by atoms with Gasteiger partial charge in [-0.2, -0.15) is 0 Å². The number of hydrogen-bond donors (Lipinski definition) is 2. The van der Waals surface area contributed by atoms with Gasteiger partial charge < -0.3 is 15.2 Å². The largest absolute Gasteiger partial charge is 0.394 e. The molecule has 0 saturated carbocycles. The number of fused-ring (bicyclic) bond motifs is 1. The first kappa shape index (κ1) is 23.4. The van der Waals surface area contributed by atoms with Gasteiger partial charge in [0.05, 0.1) is 19.0 Å². The average Bonchev–Trinajstić information content (AvgIpc) is 3.33. The molecule has 4 aromatic rings. The first-order chi connectivity index (χ1) is 17.1. The van der Waals surface area contributed by atoms with E-state index in [9.17, 15) is 5.11 Å². The van der Waals surface area contributed by atoms with E-state index in [1.807, 2.05) is 10.6 Å². The maximum Gasteiger partial charge on any atom is 0.167 e. The summed E-state index contributed by atoms with van der Waals surface area (Å²) in [5, 5.41) is 13.3. The molecule has 0 aliphatic carbocycles. The lowest BCUT2D eigenvalue weighted by atomic mass is 10.0. The molecule has 1 aliphatic rings. The Hall–Kier alpha value is -3.33. The summed E-state index contributed by atoms with van der Waals surface area (Å²) in [4.78, 5) is 15.8. The van der Waals surface area contributed by atoms with E-state index in [0.717, 1.165) is 30.1 Å². The average molecular weight is 473 g/mol. The van der Waals surface area contributed by atoms with Crippen molar-refractivity contribution >= 4 is 17.0 Å². The van der Waals surface area contributed by atoms with E-state index in [-0.39, 0.29) is 18.9 Å². The molecule has 0 radical (unpaired) electrons. The van der Waals surface area contributed by atoms with Crippen molar-refractivity contribution in [2.45, 2.75) is 32.7 Å². The van der Waals surface area contributed by atoms with Crippen LogP contribution in [0.1, 0.15) is 25.6 Å². The van der Waals surface area contributed by atoms with Gasteiger partial charge in [0.15, 0.2) is 17.0 Å². The molecule has 8 nitrogen and oxygen atoms in total. The van der Waals surface area contributed by atoms with Crippen molar-refractivity contribution in [3.63, 3.8) is 0 Å². The molecule has 2 N–H and O–H groups in total. The number of aliphatic hydroxyl groups is 1. The molecular weight excluding hydrogens is 440 g/mol. The number of hydrogen-bond acceptors (Lipinski definition) is 7. The highest BCUT2D eigenvalue weighted by atomic mass is 16.5. The summed E-state index contributed by atoms with van der Waals surface area (Å²) in [7, 11) is 0. The first-order valence-corrected chi connectivity index (χ1v) is 12.1. The molecule has 5 rings (SSSR count). The summed E-state index contributed by atoms with van der Waals surface area (Å²) in [6.45, 7) is 7.17. The van der Waals surface area contributed by atoms with Crippen LogP contribution in [0, 0.1) is 5.92 Å². The smallest absolute Gasteiger partial charge is 0.167 e. The third-order valence-electron chi connectivity index (χ3n) is 6.24. The molecule has 2 aromatic carbocycles. The van der Waals surface area contributed by atoms with Crippen LogP contribution in [0.5, 0.6) is 0 Å². The Morgan fingerprint density at radius 2 is 1.77 bits per heavy atom. The van der Waals surface area contributed by atoms with E-state index >= 15 is 0 Å². The van der Waals surface area contributed by atoms with Gasteiger partial charge in [-0.15, -0.1) is 0 Å². The van der Waals surface area contributed by atoms with E-state index in [1.165, 1.54) is 16.7 Å². The highest BCUT2D eigenvalue weighted by molar-refractivity contribution is 5.82. The second-order valence-corrected chi connectivity index (χ2v) is 9.47. The van der Waals surface area contributed by atoms with Crippen LogP contribution in [0.15, 0.2) is 67.3 Å². The molecule has 3 heterocycles. The van der Waals surface area contributed by atoms with Crippen LogP contribution in [0.25, 0.3) is 22.3 Å². The van der Waals surface area contributed by atoms with Gasteiger partial charge >= 0.3 is 0 Å². The number of nitrogens with one attached hydrogen (secondary N) is 1. The van der Waals surface area contributed by atoms with Crippen molar-refractivity contribution in [2.24, 2.45) is 5.92 Å². The fourth-order valence-electron chi connectivity index (χ4n) is 4.46. The summed E-state index contributed by atoms with van der Waals surface area (Å²) < 4.78 is 8.17. The summed E-state index contributed by atoms with van der Waals surface area (Å²) in [5.74, 6) is 1.22. The van der Waals surface area contributed by atoms with E-state index in [4.69, 9.17) is 4.74 Å². The van der Waals surface area contributed by atoms with E-state index in [1.54, 1.807) is 12.7 Å². The van der Waals surface area contributed by atoms with E-state index in [2.05, 4.69) is 87.5 Å². The Morgan fingerprint density at radius 1 is 1.00 bits per heavy atom. The van der Waals surface area contributed by atoms with Crippen molar-refractivity contribution < 1.29 is 9.84 Å². The number of aromatic nitrogens is 4. The van der Waals surface area contributed by atoms with Crippen molar-refractivity contribution in [3.8, 4) is 11.1 Å². The zero-order valence-corrected chi connectivity index (χ0v) is 20.2. The third-order valence-corrected chi connectivity index (χ3v) is 6.24. The number of ether oxygens (including phenoxy) is 1. The van der Waals surface area contributed by atoms with Gasteiger partial charge in [0.2, 0.25) is 0 Å². The molecule has 8 heteroatoms. The molecule has 1 saturated heterocycles. The Labute approximate surface area is 205 Å². The molecule has 2 aromatic heterocycles. The maximum atomic E-state index is 9.92. The molecule has 0 spiro atoms. The highest BCUT2D eigenvalue weighted by Gasteiger charge is 2.30. The molecular formula is C27H32N6O2. The Kier molecular flexibility index (Phi) is 7.03. The minimum absolute atomic E-state index is 0.0389. The first-order valence-electron chi connectivity index (χ1n) is 12.1. The molecule has 2 atom stereocenters. The lowest BCUT2D eigenvalue weighted by Gasteiger charge is -2.38. The van der Waals surface area contributed by atoms with Gasteiger partial charge in [0, 0.05) is 26.2 Å². The van der Waals surface area contributed by atoms with Gasteiger partial charge in [-0.25, -0.2) is 15.0 Å². The molecule has 0 unspecified atom stereocenters.